The first-order valence-corrected chi connectivity index (χ1v) is 8.26. The topological polar surface area (TPSA) is 12.4 Å². The molecule has 21 heavy (non-hydrogen) atoms. The molecule has 0 aliphatic heterocycles. The summed E-state index contributed by atoms with van der Waals surface area (Å²) in [5.74, 6) is 7.41. The van der Waals surface area contributed by atoms with E-state index in [0.717, 1.165) is 27.6 Å². The molecule has 1 aliphatic carbocycles. The van der Waals surface area contributed by atoms with Gasteiger partial charge in [0.15, 0.2) is 0 Å². The Hall–Kier alpha value is -1.72. The highest BCUT2D eigenvalue weighted by molar-refractivity contribution is 7.78. The van der Waals surface area contributed by atoms with Crippen molar-refractivity contribution in [3.05, 3.63) is 51.2 Å². The van der Waals surface area contributed by atoms with Crippen LogP contribution >= 0.6 is 23.6 Å². The molecule has 3 heteroatoms. The van der Waals surface area contributed by atoms with Gasteiger partial charge in [0.1, 0.15) is 0 Å². The van der Waals surface area contributed by atoms with Crippen LogP contribution in [0.2, 0.25) is 0 Å². The van der Waals surface area contributed by atoms with E-state index in [1.807, 2.05) is 36.5 Å². The lowest BCUT2D eigenvalue weighted by Crippen LogP contribution is -1.79. The molecule has 0 spiro atoms. The first kappa shape index (κ1) is 14.2. The molecule has 0 atom stereocenters. The molecule has 1 aromatic carbocycles. The predicted octanol–water partition coefficient (Wildman–Crippen LogP) is 5.14. The molecule has 0 saturated heterocycles. The maximum Gasteiger partial charge on any atom is 0.0775 e. The van der Waals surface area contributed by atoms with Gasteiger partial charge in [-0.2, -0.15) is 4.99 Å². The quantitative estimate of drug-likeness (QED) is 0.434. The lowest BCUT2D eigenvalue weighted by Gasteiger charge is -1.98. The average molecular weight is 309 g/mol. The van der Waals surface area contributed by atoms with Crippen LogP contribution in [-0.4, -0.2) is 5.16 Å². The summed E-state index contributed by atoms with van der Waals surface area (Å²) in [4.78, 5) is 6.63. The second kappa shape index (κ2) is 6.37. The second-order valence-corrected chi connectivity index (χ2v) is 6.72. The summed E-state index contributed by atoms with van der Waals surface area (Å²) in [6.07, 6.45) is 4.03. The van der Waals surface area contributed by atoms with Crippen molar-refractivity contribution in [2.45, 2.75) is 26.2 Å². The van der Waals surface area contributed by atoms with Crippen molar-refractivity contribution in [3.63, 3.8) is 0 Å². The van der Waals surface area contributed by atoms with Crippen LogP contribution in [0.4, 0.5) is 5.69 Å². The van der Waals surface area contributed by atoms with Gasteiger partial charge >= 0.3 is 0 Å². The number of benzene rings is 1. The van der Waals surface area contributed by atoms with Crippen LogP contribution in [0.1, 0.15) is 33.7 Å². The Kier molecular flexibility index (Phi) is 4.31. The first-order valence-electron chi connectivity index (χ1n) is 7.04. The number of hydrogen-bond donors (Lipinski definition) is 0. The molecule has 0 radical (unpaired) electrons. The summed E-state index contributed by atoms with van der Waals surface area (Å²) in [7, 11) is 0. The van der Waals surface area contributed by atoms with Crippen molar-refractivity contribution in [2.75, 3.05) is 0 Å². The highest BCUT2D eigenvalue weighted by atomic mass is 32.1. The third kappa shape index (κ3) is 3.89. The molecule has 1 saturated carbocycles. The summed E-state index contributed by atoms with van der Waals surface area (Å²) < 4.78 is 0. The van der Waals surface area contributed by atoms with Gasteiger partial charge in [0.05, 0.1) is 15.7 Å². The molecular weight excluding hydrogens is 294 g/mol. The molecule has 0 unspecified atom stereocenters. The number of aryl methyl sites for hydroxylation is 1. The Morgan fingerprint density at radius 3 is 2.81 bits per heavy atom. The Morgan fingerprint density at radius 2 is 2.10 bits per heavy atom. The summed E-state index contributed by atoms with van der Waals surface area (Å²) in [6.45, 7) is 2.01. The highest BCUT2D eigenvalue weighted by Gasteiger charge is 2.21. The molecule has 1 aliphatic rings. The van der Waals surface area contributed by atoms with Crippen molar-refractivity contribution in [3.8, 4) is 11.8 Å². The zero-order chi connectivity index (χ0) is 14.7. The zero-order valence-corrected chi connectivity index (χ0v) is 13.5. The van der Waals surface area contributed by atoms with Gasteiger partial charge in [-0.1, -0.05) is 11.8 Å². The van der Waals surface area contributed by atoms with Crippen molar-refractivity contribution >= 4 is 34.4 Å². The van der Waals surface area contributed by atoms with E-state index in [4.69, 9.17) is 0 Å². The fourth-order valence-electron chi connectivity index (χ4n) is 2.20. The largest absolute Gasteiger partial charge is 0.194 e. The minimum atomic E-state index is 0.860. The first-order chi connectivity index (χ1) is 10.2. The van der Waals surface area contributed by atoms with Gasteiger partial charge in [-0.25, -0.2) is 0 Å². The van der Waals surface area contributed by atoms with Gasteiger partial charge in [-0.05, 0) is 80.2 Å². The molecule has 2 aromatic rings. The molecule has 0 N–H and O–H groups in total. The van der Waals surface area contributed by atoms with Gasteiger partial charge in [0.2, 0.25) is 0 Å². The van der Waals surface area contributed by atoms with E-state index in [-0.39, 0.29) is 0 Å². The Morgan fingerprint density at radius 1 is 1.24 bits per heavy atom. The van der Waals surface area contributed by atoms with Crippen LogP contribution in [0.3, 0.4) is 0 Å². The Labute approximate surface area is 134 Å². The molecule has 0 bridgehead atoms. The molecule has 1 fully saturated rings. The highest BCUT2D eigenvalue weighted by Crippen LogP contribution is 2.34. The van der Waals surface area contributed by atoms with Crippen LogP contribution in [-0.2, 0) is 6.42 Å². The second-order valence-electron chi connectivity index (χ2n) is 5.37. The third-order valence-electron chi connectivity index (χ3n) is 3.54. The number of thiocarbonyl (C=S) groups is 1. The van der Waals surface area contributed by atoms with E-state index in [9.17, 15) is 0 Å². The lowest BCUT2D eigenvalue weighted by molar-refractivity contribution is 0.846. The zero-order valence-electron chi connectivity index (χ0n) is 11.8. The van der Waals surface area contributed by atoms with Crippen LogP contribution in [0.5, 0.6) is 0 Å². The molecular formula is C18H15NS2. The predicted molar refractivity (Wildman–Crippen MR) is 92.6 cm³/mol. The van der Waals surface area contributed by atoms with Crippen molar-refractivity contribution < 1.29 is 0 Å². The normalized spacial score (nSPS) is 13.2. The maximum atomic E-state index is 4.63. The molecule has 1 nitrogen and oxygen atoms in total. The average Bonchev–Trinajstić information content (AvgIpc) is 3.17. The standard InChI is InChI=1S/C18H15NS2/c1-13-10-14(5-9-18(13)19-12-20)4-6-16-7-8-17(21-16)11-15-2-3-15/h5,7-10,15H,2-3,11H2,1H3. The van der Waals surface area contributed by atoms with Gasteiger partial charge in [0, 0.05) is 10.4 Å². The molecule has 104 valence electrons. The van der Waals surface area contributed by atoms with E-state index in [1.54, 1.807) is 0 Å². The monoisotopic (exact) mass is 309 g/mol. The fraction of sp³-hybridized carbons (Fsp3) is 0.278. The maximum absolute atomic E-state index is 4.63. The van der Waals surface area contributed by atoms with E-state index in [1.165, 1.54) is 24.1 Å². The third-order valence-corrected chi connectivity index (χ3v) is 4.66. The number of rotatable bonds is 3. The van der Waals surface area contributed by atoms with Gasteiger partial charge in [-0.3, -0.25) is 0 Å². The molecule has 3 rings (SSSR count). The number of nitrogens with zero attached hydrogens (tertiary/aromatic N) is 1. The Balaban J connectivity index is 1.75. The molecule has 1 aromatic heterocycles. The van der Waals surface area contributed by atoms with Gasteiger partial charge in [-0.15, -0.1) is 11.3 Å². The van der Waals surface area contributed by atoms with E-state index >= 15 is 0 Å². The number of isothiocyanates is 1. The number of aliphatic imine (C=N–C) groups is 1. The minimum absolute atomic E-state index is 0.860. The van der Waals surface area contributed by atoms with Crippen molar-refractivity contribution in [1.82, 2.24) is 0 Å². The number of hydrogen-bond acceptors (Lipinski definition) is 3. The van der Waals surface area contributed by atoms with Crippen molar-refractivity contribution in [1.29, 1.82) is 0 Å². The van der Waals surface area contributed by atoms with E-state index in [2.05, 4.69) is 46.3 Å². The van der Waals surface area contributed by atoms with E-state index < -0.39 is 0 Å². The van der Waals surface area contributed by atoms with Gasteiger partial charge < -0.3 is 0 Å². The van der Waals surface area contributed by atoms with Crippen molar-refractivity contribution in [2.24, 2.45) is 10.9 Å². The lowest BCUT2D eigenvalue weighted by atomic mass is 10.1. The summed E-state index contributed by atoms with van der Waals surface area (Å²) >= 11 is 6.45. The van der Waals surface area contributed by atoms with Crippen LogP contribution in [0.25, 0.3) is 0 Å². The van der Waals surface area contributed by atoms with Gasteiger partial charge in [0.25, 0.3) is 0 Å². The molecule has 0 amide bonds. The minimum Gasteiger partial charge on any atom is -0.194 e. The van der Waals surface area contributed by atoms with Crippen LogP contribution < -0.4 is 0 Å². The van der Waals surface area contributed by atoms with Crippen LogP contribution in [0.15, 0.2) is 35.3 Å². The SMILES string of the molecule is Cc1cc(C#Cc2ccc(CC3CC3)s2)ccc1N=C=S. The summed E-state index contributed by atoms with van der Waals surface area (Å²) in [5, 5.41) is 2.40. The Bertz CT molecular complexity index is 766. The summed E-state index contributed by atoms with van der Waals surface area (Å²) in [6, 6.07) is 10.3. The fourth-order valence-corrected chi connectivity index (χ4v) is 3.28. The number of thiophene rings is 1. The van der Waals surface area contributed by atoms with E-state index in [0.29, 0.717) is 0 Å². The molecule has 1 heterocycles. The summed E-state index contributed by atoms with van der Waals surface area (Å²) in [5.41, 5.74) is 2.94. The van der Waals surface area contributed by atoms with Crippen LogP contribution in [0, 0.1) is 24.7 Å². The smallest absolute Gasteiger partial charge is 0.0775 e.